The number of carbonyl (C=O) groups excluding carboxylic acids is 2. The second-order valence-corrected chi connectivity index (χ2v) is 6.70. The Kier molecular flexibility index (Phi) is 8.49. The van der Waals surface area contributed by atoms with E-state index in [1.54, 1.807) is 36.3 Å². The lowest BCUT2D eigenvalue weighted by molar-refractivity contribution is -0.123. The molecule has 2 aromatic rings. The minimum atomic E-state index is -0.155. The predicted molar refractivity (Wildman–Crippen MR) is 112 cm³/mol. The Morgan fingerprint density at radius 2 is 1.64 bits per heavy atom. The highest BCUT2D eigenvalue weighted by atomic mass is 16.5. The van der Waals surface area contributed by atoms with Crippen molar-refractivity contribution in [2.45, 2.75) is 19.8 Å². The number of anilines is 1. The molecule has 28 heavy (non-hydrogen) atoms. The van der Waals surface area contributed by atoms with Gasteiger partial charge >= 0.3 is 0 Å². The number of likely N-dealkylation sites (N-methyl/N-ethyl adjacent to an activating group) is 1. The molecule has 0 bridgehead atoms. The summed E-state index contributed by atoms with van der Waals surface area (Å²) in [6, 6.07) is 17.2. The number of methoxy groups -OCH3 is 1. The molecule has 2 amide bonds. The number of hydrogen-bond acceptors (Lipinski definition) is 4. The van der Waals surface area contributed by atoms with Crippen LogP contribution in [0.2, 0.25) is 0 Å². The average molecular weight is 383 g/mol. The molecular weight excluding hydrogens is 354 g/mol. The van der Waals surface area contributed by atoms with Crippen LogP contribution in [-0.2, 0) is 9.59 Å². The Balaban J connectivity index is 1.77. The molecular formula is C22H29N3O3. The zero-order valence-electron chi connectivity index (χ0n) is 16.8. The van der Waals surface area contributed by atoms with Crippen molar-refractivity contribution in [1.29, 1.82) is 0 Å². The predicted octanol–water partition coefficient (Wildman–Crippen LogP) is 2.88. The van der Waals surface area contributed by atoms with Crippen molar-refractivity contribution in [3.8, 4) is 5.75 Å². The highest BCUT2D eigenvalue weighted by molar-refractivity contribution is 5.92. The monoisotopic (exact) mass is 383 g/mol. The first kappa shape index (κ1) is 21.4. The molecule has 150 valence electrons. The quantitative estimate of drug-likeness (QED) is 0.662. The Labute approximate surface area is 166 Å². The number of hydrogen-bond donors (Lipinski definition) is 2. The van der Waals surface area contributed by atoms with Gasteiger partial charge in [-0.05, 0) is 42.3 Å². The number of ether oxygens (including phenoxy) is 1. The number of nitrogens with zero attached hydrogens (tertiary/aromatic N) is 1. The summed E-state index contributed by atoms with van der Waals surface area (Å²) in [5, 5.41) is 5.79. The molecule has 2 N–H and O–H groups in total. The van der Waals surface area contributed by atoms with Gasteiger partial charge < -0.3 is 15.4 Å². The number of carbonyl (C=O) groups is 2. The van der Waals surface area contributed by atoms with E-state index >= 15 is 0 Å². The van der Waals surface area contributed by atoms with Gasteiger partial charge in [-0.25, -0.2) is 0 Å². The minimum absolute atomic E-state index is 0.0816. The smallest absolute Gasteiger partial charge is 0.238 e. The molecule has 0 aliphatic carbocycles. The highest BCUT2D eigenvalue weighted by Gasteiger charge is 2.14. The molecule has 0 aliphatic rings. The summed E-state index contributed by atoms with van der Waals surface area (Å²) in [4.78, 5) is 26.3. The molecule has 0 saturated carbocycles. The second-order valence-electron chi connectivity index (χ2n) is 6.70. The van der Waals surface area contributed by atoms with Gasteiger partial charge in [0.25, 0.3) is 0 Å². The summed E-state index contributed by atoms with van der Waals surface area (Å²) in [5.74, 6) is 0.729. The van der Waals surface area contributed by atoms with Crippen molar-refractivity contribution in [2.24, 2.45) is 0 Å². The third-order valence-electron chi connectivity index (χ3n) is 4.53. The summed E-state index contributed by atoms with van der Waals surface area (Å²) < 4.78 is 5.10. The van der Waals surface area contributed by atoms with Gasteiger partial charge in [0.2, 0.25) is 11.8 Å². The van der Waals surface area contributed by atoms with E-state index < -0.39 is 0 Å². The van der Waals surface area contributed by atoms with E-state index in [1.165, 1.54) is 5.56 Å². The van der Waals surface area contributed by atoms with Gasteiger partial charge in [-0.15, -0.1) is 0 Å². The van der Waals surface area contributed by atoms with Crippen molar-refractivity contribution >= 4 is 17.5 Å². The molecule has 0 fully saturated rings. The van der Waals surface area contributed by atoms with Crippen LogP contribution in [0.15, 0.2) is 54.6 Å². The van der Waals surface area contributed by atoms with E-state index in [4.69, 9.17) is 4.74 Å². The first-order valence-electron chi connectivity index (χ1n) is 9.49. The van der Waals surface area contributed by atoms with Crippen LogP contribution < -0.4 is 15.4 Å². The summed E-state index contributed by atoms with van der Waals surface area (Å²) >= 11 is 0. The number of rotatable bonds is 10. The van der Waals surface area contributed by atoms with Crippen LogP contribution in [0.3, 0.4) is 0 Å². The summed E-state index contributed by atoms with van der Waals surface area (Å²) in [6.45, 7) is 5.53. The van der Waals surface area contributed by atoms with Crippen molar-refractivity contribution in [3.63, 3.8) is 0 Å². The van der Waals surface area contributed by atoms with E-state index in [2.05, 4.69) is 29.7 Å². The molecule has 2 rings (SSSR count). The van der Waals surface area contributed by atoms with Crippen LogP contribution in [0.25, 0.3) is 0 Å². The number of amides is 2. The normalized spacial score (nSPS) is 11.7. The molecule has 1 atom stereocenters. The molecule has 0 saturated heterocycles. The van der Waals surface area contributed by atoms with Crippen molar-refractivity contribution < 1.29 is 14.3 Å². The maximum absolute atomic E-state index is 12.3. The third kappa shape index (κ3) is 7.04. The second kappa shape index (κ2) is 11.1. The van der Waals surface area contributed by atoms with Gasteiger partial charge in [0.15, 0.2) is 0 Å². The molecule has 6 heteroatoms. The lowest BCUT2D eigenvalue weighted by Crippen LogP contribution is -2.41. The van der Waals surface area contributed by atoms with E-state index in [1.807, 2.05) is 25.1 Å². The summed E-state index contributed by atoms with van der Waals surface area (Å²) in [5.41, 5.74) is 1.89. The van der Waals surface area contributed by atoms with Crippen molar-refractivity contribution in [2.75, 3.05) is 38.6 Å². The van der Waals surface area contributed by atoms with Crippen molar-refractivity contribution in [1.82, 2.24) is 10.2 Å². The minimum Gasteiger partial charge on any atom is -0.497 e. The van der Waals surface area contributed by atoms with Crippen LogP contribution in [0.5, 0.6) is 5.75 Å². The maximum atomic E-state index is 12.3. The Hall–Kier alpha value is -2.86. The molecule has 2 aromatic carbocycles. The average Bonchev–Trinajstić information content (AvgIpc) is 2.72. The number of benzene rings is 2. The fourth-order valence-electron chi connectivity index (χ4n) is 2.78. The van der Waals surface area contributed by atoms with E-state index in [-0.39, 0.29) is 30.8 Å². The lowest BCUT2D eigenvalue weighted by atomic mass is 10.0. The van der Waals surface area contributed by atoms with Crippen LogP contribution in [0, 0.1) is 0 Å². The van der Waals surface area contributed by atoms with Crippen LogP contribution in [0.4, 0.5) is 5.69 Å². The third-order valence-corrected chi connectivity index (χ3v) is 4.53. The van der Waals surface area contributed by atoms with Gasteiger partial charge in [-0.1, -0.05) is 44.2 Å². The molecule has 0 heterocycles. The molecule has 0 aromatic heterocycles. The fraction of sp³-hybridized carbons (Fsp3) is 0.364. The molecule has 0 aliphatic heterocycles. The van der Waals surface area contributed by atoms with Gasteiger partial charge in [0.05, 0.1) is 20.2 Å². The Morgan fingerprint density at radius 3 is 2.25 bits per heavy atom. The first-order chi connectivity index (χ1) is 13.5. The van der Waals surface area contributed by atoms with Crippen molar-refractivity contribution in [3.05, 3.63) is 60.2 Å². The summed E-state index contributed by atoms with van der Waals surface area (Å²) in [6.07, 6.45) is 0. The van der Waals surface area contributed by atoms with Crippen LogP contribution in [0.1, 0.15) is 25.3 Å². The largest absolute Gasteiger partial charge is 0.497 e. The van der Waals surface area contributed by atoms with Gasteiger partial charge in [0, 0.05) is 12.2 Å². The molecule has 1 unspecified atom stereocenters. The summed E-state index contributed by atoms with van der Waals surface area (Å²) in [7, 11) is 1.60. The molecule has 0 spiro atoms. The lowest BCUT2D eigenvalue weighted by Gasteiger charge is -2.20. The van der Waals surface area contributed by atoms with Gasteiger partial charge in [-0.2, -0.15) is 0 Å². The standard InChI is InChI=1S/C22H29N3O3/c1-4-25(16-22(27)24-19-10-12-20(28-3)13-11-19)15-21(26)23-14-17(2)18-8-6-5-7-9-18/h5-13,17H,4,14-16H2,1-3H3,(H,23,26)(H,24,27). The van der Waals surface area contributed by atoms with E-state index in [0.29, 0.717) is 18.8 Å². The Morgan fingerprint density at radius 1 is 1.00 bits per heavy atom. The van der Waals surface area contributed by atoms with Gasteiger partial charge in [-0.3, -0.25) is 14.5 Å². The van der Waals surface area contributed by atoms with E-state index in [0.717, 1.165) is 5.75 Å². The zero-order valence-corrected chi connectivity index (χ0v) is 16.8. The SMILES string of the molecule is CCN(CC(=O)NCC(C)c1ccccc1)CC(=O)Nc1ccc(OC)cc1. The van der Waals surface area contributed by atoms with Gasteiger partial charge in [0.1, 0.15) is 5.75 Å². The molecule has 0 radical (unpaired) electrons. The topological polar surface area (TPSA) is 70.7 Å². The van der Waals surface area contributed by atoms with Crippen LogP contribution >= 0.6 is 0 Å². The first-order valence-corrected chi connectivity index (χ1v) is 9.49. The fourth-order valence-corrected chi connectivity index (χ4v) is 2.78. The highest BCUT2D eigenvalue weighted by Crippen LogP contribution is 2.15. The van der Waals surface area contributed by atoms with Crippen LogP contribution in [-0.4, -0.2) is 50.0 Å². The molecule has 6 nitrogen and oxygen atoms in total. The number of nitrogens with one attached hydrogen (secondary N) is 2. The maximum Gasteiger partial charge on any atom is 0.238 e. The van der Waals surface area contributed by atoms with E-state index in [9.17, 15) is 9.59 Å². The Bertz CT molecular complexity index is 747. The zero-order chi connectivity index (χ0) is 20.4.